The number of aliphatic carboxylic acids is 1. The van der Waals surface area contributed by atoms with E-state index in [1.165, 1.54) is 23.0 Å². The van der Waals surface area contributed by atoms with Crippen molar-refractivity contribution in [2.45, 2.75) is 6.04 Å². The van der Waals surface area contributed by atoms with E-state index in [1.54, 1.807) is 7.05 Å². The number of halogens is 2. The Labute approximate surface area is 135 Å². The summed E-state index contributed by atoms with van der Waals surface area (Å²) in [7, 11) is 1.64. The van der Waals surface area contributed by atoms with E-state index in [4.69, 9.17) is 22.4 Å². The summed E-state index contributed by atoms with van der Waals surface area (Å²) < 4.78 is 15.3. The summed E-state index contributed by atoms with van der Waals surface area (Å²) in [5.41, 5.74) is 6.16. The number of carboxylic acid groups (broad SMARTS) is 1. The molecule has 23 heavy (non-hydrogen) atoms. The predicted octanol–water partition coefficient (Wildman–Crippen LogP) is 1.02. The largest absolute Gasteiger partial charge is 0.480 e. The minimum Gasteiger partial charge on any atom is -0.480 e. The van der Waals surface area contributed by atoms with Gasteiger partial charge in [0.2, 0.25) is 0 Å². The number of carboxylic acids is 1. The number of hydrogen-bond donors (Lipinski definition) is 3. The first-order valence-corrected chi connectivity index (χ1v) is 6.92. The highest BCUT2D eigenvalue weighted by Gasteiger charge is 2.17. The smallest absolute Gasteiger partial charge is 0.322 e. The zero-order valence-electron chi connectivity index (χ0n) is 12.1. The number of nitrogens with zero attached hydrogens (tertiary/aromatic N) is 2. The Morgan fingerprint density at radius 3 is 2.74 bits per heavy atom. The zero-order chi connectivity index (χ0) is 17.1. The molecule has 1 atom stereocenters. The number of aromatic nitrogens is 2. The van der Waals surface area contributed by atoms with Crippen LogP contribution in [0.3, 0.4) is 0 Å². The molecule has 0 aliphatic rings. The Balaban J connectivity index is 2.27. The van der Waals surface area contributed by atoms with Crippen LogP contribution >= 0.6 is 11.6 Å². The monoisotopic (exact) mass is 340 g/mol. The molecule has 122 valence electrons. The minimum absolute atomic E-state index is 0.0230. The molecule has 2 rings (SSSR count). The van der Waals surface area contributed by atoms with Gasteiger partial charge in [-0.1, -0.05) is 11.6 Å². The van der Waals surface area contributed by atoms with Crippen molar-refractivity contribution in [2.75, 3.05) is 6.54 Å². The number of nitrogens with two attached hydrogens (primary N) is 1. The van der Waals surface area contributed by atoms with Gasteiger partial charge in [-0.15, -0.1) is 0 Å². The maximum absolute atomic E-state index is 13.8. The standard InChI is InChI=1S/C14H14ClFN4O3/c1-20-12(10(15)5-19-20)7-2-8(4-9(16)3-7)13(21)18-6-11(17)14(22)23/h2-5,11H,6,17H2,1H3,(H,18,21)(H,22,23)/t11-/m1/s1. The van der Waals surface area contributed by atoms with Crippen molar-refractivity contribution in [3.05, 3.63) is 40.8 Å². The number of aryl methyl sites for hydroxylation is 1. The summed E-state index contributed by atoms with van der Waals surface area (Å²) in [6.07, 6.45) is 1.41. The minimum atomic E-state index is -1.24. The first-order valence-electron chi connectivity index (χ1n) is 6.54. The molecule has 0 radical (unpaired) electrons. The van der Waals surface area contributed by atoms with Crippen LogP contribution in [0.25, 0.3) is 11.3 Å². The van der Waals surface area contributed by atoms with Crippen LogP contribution in [0.5, 0.6) is 0 Å². The molecule has 1 heterocycles. The molecule has 9 heteroatoms. The summed E-state index contributed by atoms with van der Waals surface area (Å²) in [5, 5.41) is 15.3. The van der Waals surface area contributed by atoms with Gasteiger partial charge in [0.1, 0.15) is 11.9 Å². The maximum Gasteiger partial charge on any atom is 0.322 e. The molecule has 1 aromatic heterocycles. The lowest BCUT2D eigenvalue weighted by Crippen LogP contribution is -2.42. The summed E-state index contributed by atoms with van der Waals surface area (Å²) in [6.45, 7) is -0.271. The first-order chi connectivity index (χ1) is 10.8. The predicted molar refractivity (Wildman–Crippen MR) is 81.6 cm³/mol. The van der Waals surface area contributed by atoms with Gasteiger partial charge in [-0.2, -0.15) is 5.10 Å². The van der Waals surface area contributed by atoms with Crippen molar-refractivity contribution in [1.82, 2.24) is 15.1 Å². The number of nitrogens with one attached hydrogen (secondary N) is 1. The normalized spacial score (nSPS) is 12.0. The lowest BCUT2D eigenvalue weighted by atomic mass is 10.1. The number of amides is 1. The van der Waals surface area contributed by atoms with E-state index < -0.39 is 23.7 Å². The molecule has 0 aliphatic heterocycles. The fourth-order valence-corrected chi connectivity index (χ4v) is 2.26. The highest BCUT2D eigenvalue weighted by molar-refractivity contribution is 6.33. The second-order valence-corrected chi connectivity index (χ2v) is 5.26. The van der Waals surface area contributed by atoms with Gasteiger partial charge in [-0.3, -0.25) is 14.3 Å². The van der Waals surface area contributed by atoms with Gasteiger partial charge < -0.3 is 16.2 Å². The zero-order valence-corrected chi connectivity index (χ0v) is 12.8. The Bertz CT molecular complexity index is 743. The molecule has 0 spiro atoms. The maximum atomic E-state index is 13.8. The average molecular weight is 341 g/mol. The van der Waals surface area contributed by atoms with Crippen LogP contribution in [0.1, 0.15) is 10.4 Å². The average Bonchev–Trinajstić information content (AvgIpc) is 2.82. The summed E-state index contributed by atoms with van der Waals surface area (Å²) in [6, 6.07) is 2.46. The first kappa shape index (κ1) is 16.9. The summed E-state index contributed by atoms with van der Waals surface area (Å²) in [5.74, 6) is -2.51. The van der Waals surface area contributed by atoms with Crippen LogP contribution in [-0.4, -0.2) is 39.4 Å². The van der Waals surface area contributed by atoms with Crippen LogP contribution in [0, 0.1) is 5.82 Å². The van der Waals surface area contributed by atoms with Crippen molar-refractivity contribution in [2.24, 2.45) is 12.8 Å². The van der Waals surface area contributed by atoms with E-state index in [9.17, 15) is 14.0 Å². The van der Waals surface area contributed by atoms with E-state index in [1.807, 2.05) is 0 Å². The van der Waals surface area contributed by atoms with E-state index in [-0.39, 0.29) is 12.1 Å². The molecular weight excluding hydrogens is 327 g/mol. The third-order valence-electron chi connectivity index (χ3n) is 3.13. The molecule has 0 unspecified atom stereocenters. The molecule has 1 amide bonds. The third kappa shape index (κ3) is 3.85. The molecule has 0 bridgehead atoms. The van der Waals surface area contributed by atoms with Crippen molar-refractivity contribution in [3.63, 3.8) is 0 Å². The molecule has 0 fully saturated rings. The molecule has 0 aliphatic carbocycles. The number of carbonyl (C=O) groups excluding carboxylic acids is 1. The molecule has 0 saturated heterocycles. The number of rotatable bonds is 5. The van der Waals surface area contributed by atoms with Crippen LogP contribution < -0.4 is 11.1 Å². The topological polar surface area (TPSA) is 110 Å². The Morgan fingerprint density at radius 2 is 2.17 bits per heavy atom. The van der Waals surface area contributed by atoms with E-state index in [0.717, 1.165) is 6.07 Å². The Hall–Kier alpha value is -2.45. The number of hydrogen-bond acceptors (Lipinski definition) is 4. The van der Waals surface area contributed by atoms with Crippen molar-refractivity contribution in [1.29, 1.82) is 0 Å². The van der Waals surface area contributed by atoms with Gasteiger partial charge in [-0.05, 0) is 18.2 Å². The van der Waals surface area contributed by atoms with Gasteiger partial charge >= 0.3 is 5.97 Å². The second-order valence-electron chi connectivity index (χ2n) is 4.85. The quantitative estimate of drug-likeness (QED) is 0.752. The van der Waals surface area contributed by atoms with Crippen molar-refractivity contribution >= 4 is 23.5 Å². The van der Waals surface area contributed by atoms with E-state index >= 15 is 0 Å². The molecule has 2 aromatic rings. The number of carbonyl (C=O) groups is 2. The fraction of sp³-hybridized carbons (Fsp3) is 0.214. The summed E-state index contributed by atoms with van der Waals surface area (Å²) >= 11 is 6.01. The SMILES string of the molecule is Cn1ncc(Cl)c1-c1cc(F)cc(C(=O)NC[C@@H](N)C(=O)O)c1. The molecular formula is C14H14ClFN4O3. The number of benzene rings is 1. The van der Waals surface area contributed by atoms with Crippen molar-refractivity contribution < 1.29 is 19.1 Å². The molecule has 0 saturated carbocycles. The van der Waals surface area contributed by atoms with E-state index in [0.29, 0.717) is 16.3 Å². The van der Waals surface area contributed by atoms with Crippen molar-refractivity contribution in [3.8, 4) is 11.3 Å². The highest BCUT2D eigenvalue weighted by atomic mass is 35.5. The van der Waals surface area contributed by atoms with E-state index in [2.05, 4.69) is 10.4 Å². The Kier molecular flexibility index (Phi) is 4.97. The highest BCUT2D eigenvalue weighted by Crippen LogP contribution is 2.28. The van der Waals surface area contributed by atoms with Gasteiger partial charge in [0, 0.05) is 24.7 Å². The second kappa shape index (κ2) is 6.76. The van der Waals surface area contributed by atoms with Crippen LogP contribution in [0.4, 0.5) is 4.39 Å². The lowest BCUT2D eigenvalue weighted by Gasteiger charge is -2.10. The van der Waals surface area contributed by atoms with Gasteiger partial charge in [0.05, 0.1) is 16.9 Å². The lowest BCUT2D eigenvalue weighted by molar-refractivity contribution is -0.138. The summed E-state index contributed by atoms with van der Waals surface area (Å²) in [4.78, 5) is 22.7. The third-order valence-corrected chi connectivity index (χ3v) is 3.40. The molecule has 1 aromatic carbocycles. The van der Waals surface area contributed by atoms with Crippen LogP contribution in [0.15, 0.2) is 24.4 Å². The van der Waals surface area contributed by atoms with Crippen LogP contribution in [-0.2, 0) is 11.8 Å². The van der Waals surface area contributed by atoms with Gasteiger partial charge in [0.25, 0.3) is 5.91 Å². The Morgan fingerprint density at radius 1 is 1.48 bits per heavy atom. The van der Waals surface area contributed by atoms with Gasteiger partial charge in [0.15, 0.2) is 0 Å². The molecule has 4 N–H and O–H groups in total. The molecule has 7 nitrogen and oxygen atoms in total. The van der Waals surface area contributed by atoms with Gasteiger partial charge in [-0.25, -0.2) is 4.39 Å². The fourth-order valence-electron chi connectivity index (χ4n) is 1.98. The van der Waals surface area contributed by atoms with Crippen LogP contribution in [0.2, 0.25) is 5.02 Å².